The third-order valence-electron chi connectivity index (χ3n) is 3.74. The number of benzene rings is 2. The zero-order valence-electron chi connectivity index (χ0n) is 11.5. The summed E-state index contributed by atoms with van der Waals surface area (Å²) in [5.41, 5.74) is 2.76. The van der Waals surface area contributed by atoms with Gasteiger partial charge in [0.2, 0.25) is 0 Å². The van der Waals surface area contributed by atoms with Gasteiger partial charge in [-0.05, 0) is 29.7 Å². The predicted octanol–water partition coefficient (Wildman–Crippen LogP) is 4.06. The second-order valence-electron chi connectivity index (χ2n) is 5.07. The van der Waals surface area contributed by atoms with Crippen LogP contribution >= 0.6 is 0 Å². The number of pyridine rings is 1. The molecule has 0 amide bonds. The van der Waals surface area contributed by atoms with Crippen molar-refractivity contribution in [3.63, 3.8) is 0 Å². The van der Waals surface area contributed by atoms with Crippen LogP contribution in [-0.2, 0) is 0 Å². The van der Waals surface area contributed by atoms with Gasteiger partial charge in [-0.15, -0.1) is 0 Å². The van der Waals surface area contributed by atoms with Gasteiger partial charge >= 0.3 is 0 Å². The summed E-state index contributed by atoms with van der Waals surface area (Å²) in [5.74, 6) is 0. The average molecular weight is 289 g/mol. The highest BCUT2D eigenvalue weighted by molar-refractivity contribution is 5.96. The lowest BCUT2D eigenvalue weighted by molar-refractivity contribution is -0.384. The first kappa shape index (κ1) is 12.5. The summed E-state index contributed by atoms with van der Waals surface area (Å²) in [5, 5.41) is 17.6. The van der Waals surface area contributed by atoms with E-state index in [1.54, 1.807) is 12.1 Å². The molecule has 0 bridgehead atoms. The molecular weight excluding hydrogens is 278 g/mol. The molecule has 0 atom stereocenters. The van der Waals surface area contributed by atoms with Gasteiger partial charge in [-0.1, -0.05) is 24.3 Å². The zero-order valence-corrected chi connectivity index (χ0v) is 11.5. The van der Waals surface area contributed by atoms with E-state index in [0.29, 0.717) is 0 Å². The number of nitro benzene ring substituents is 1. The van der Waals surface area contributed by atoms with Gasteiger partial charge in [0.1, 0.15) is 0 Å². The largest absolute Gasteiger partial charge is 0.269 e. The molecule has 0 saturated heterocycles. The van der Waals surface area contributed by atoms with E-state index in [4.69, 9.17) is 0 Å². The third-order valence-corrected chi connectivity index (χ3v) is 3.74. The highest BCUT2D eigenvalue weighted by atomic mass is 16.6. The SMILES string of the molecule is O=[N+]([O-])c1ccc(-c2cc3c4ccccc4ccn3n2)cc1. The van der Waals surface area contributed by atoms with Crippen molar-refractivity contribution in [1.29, 1.82) is 0 Å². The Morgan fingerprint density at radius 1 is 1.00 bits per heavy atom. The van der Waals surface area contributed by atoms with E-state index in [9.17, 15) is 10.1 Å². The Bertz CT molecular complexity index is 1000. The van der Waals surface area contributed by atoms with Crippen molar-refractivity contribution in [1.82, 2.24) is 9.61 Å². The lowest BCUT2D eigenvalue weighted by Gasteiger charge is -1.98. The Kier molecular flexibility index (Phi) is 2.66. The van der Waals surface area contributed by atoms with Gasteiger partial charge in [0.15, 0.2) is 0 Å². The molecule has 0 saturated carbocycles. The molecule has 0 unspecified atom stereocenters. The van der Waals surface area contributed by atoms with E-state index in [2.05, 4.69) is 17.2 Å². The van der Waals surface area contributed by atoms with E-state index in [0.717, 1.165) is 27.5 Å². The highest BCUT2D eigenvalue weighted by Gasteiger charge is 2.09. The molecule has 2 heterocycles. The summed E-state index contributed by atoms with van der Waals surface area (Å²) in [7, 11) is 0. The summed E-state index contributed by atoms with van der Waals surface area (Å²) in [6.45, 7) is 0. The van der Waals surface area contributed by atoms with Crippen LogP contribution in [0.1, 0.15) is 0 Å². The highest BCUT2D eigenvalue weighted by Crippen LogP contribution is 2.26. The molecule has 106 valence electrons. The van der Waals surface area contributed by atoms with Crippen molar-refractivity contribution in [2.24, 2.45) is 0 Å². The van der Waals surface area contributed by atoms with E-state index < -0.39 is 4.92 Å². The maximum Gasteiger partial charge on any atom is 0.269 e. The first-order valence-electron chi connectivity index (χ1n) is 6.84. The van der Waals surface area contributed by atoms with Crippen LogP contribution < -0.4 is 0 Å². The summed E-state index contributed by atoms with van der Waals surface area (Å²) >= 11 is 0. The molecular formula is C17H11N3O2. The lowest BCUT2D eigenvalue weighted by Crippen LogP contribution is -1.88. The van der Waals surface area contributed by atoms with Gasteiger partial charge in [-0.3, -0.25) is 10.1 Å². The Labute approximate surface area is 125 Å². The van der Waals surface area contributed by atoms with Crippen LogP contribution in [0.25, 0.3) is 27.5 Å². The number of hydrogen-bond acceptors (Lipinski definition) is 3. The number of fused-ring (bicyclic) bond motifs is 3. The topological polar surface area (TPSA) is 60.4 Å². The van der Waals surface area contributed by atoms with Crippen molar-refractivity contribution in [2.75, 3.05) is 0 Å². The van der Waals surface area contributed by atoms with Gasteiger partial charge in [0, 0.05) is 29.3 Å². The summed E-state index contributed by atoms with van der Waals surface area (Å²) in [4.78, 5) is 10.3. The van der Waals surface area contributed by atoms with Crippen molar-refractivity contribution >= 4 is 22.0 Å². The van der Waals surface area contributed by atoms with Crippen molar-refractivity contribution in [3.8, 4) is 11.3 Å². The minimum absolute atomic E-state index is 0.0814. The molecule has 2 aromatic heterocycles. The molecule has 22 heavy (non-hydrogen) atoms. The fourth-order valence-corrected chi connectivity index (χ4v) is 2.63. The van der Waals surface area contributed by atoms with Crippen molar-refractivity contribution < 1.29 is 4.92 Å². The number of aromatic nitrogens is 2. The summed E-state index contributed by atoms with van der Waals surface area (Å²) in [6, 6.07) is 18.6. The standard InChI is InChI=1S/C17H11N3O2/c21-20(22)14-7-5-13(6-8-14)16-11-17-15-4-2-1-3-12(15)9-10-19(17)18-16/h1-11H. The quantitative estimate of drug-likeness (QED) is 0.413. The maximum absolute atomic E-state index is 10.7. The van der Waals surface area contributed by atoms with E-state index in [-0.39, 0.29) is 5.69 Å². The number of nitro groups is 1. The molecule has 5 heteroatoms. The third kappa shape index (κ3) is 1.91. The van der Waals surface area contributed by atoms with Crippen LogP contribution in [-0.4, -0.2) is 14.5 Å². The van der Waals surface area contributed by atoms with E-state index >= 15 is 0 Å². The molecule has 0 aliphatic carbocycles. The first-order chi connectivity index (χ1) is 10.7. The second-order valence-corrected chi connectivity index (χ2v) is 5.07. The number of hydrogen-bond donors (Lipinski definition) is 0. The molecule has 0 fully saturated rings. The second kappa shape index (κ2) is 4.66. The molecule has 0 radical (unpaired) electrons. The monoisotopic (exact) mass is 289 g/mol. The molecule has 4 rings (SSSR count). The normalized spacial score (nSPS) is 11.1. The van der Waals surface area contributed by atoms with Crippen LogP contribution in [0.5, 0.6) is 0 Å². The van der Waals surface area contributed by atoms with Crippen LogP contribution in [0.15, 0.2) is 66.9 Å². The first-order valence-corrected chi connectivity index (χ1v) is 6.84. The molecule has 2 aromatic carbocycles. The lowest BCUT2D eigenvalue weighted by atomic mass is 10.1. The number of rotatable bonds is 2. The Morgan fingerprint density at radius 2 is 1.77 bits per heavy atom. The van der Waals surface area contributed by atoms with Gasteiger partial charge in [-0.25, -0.2) is 4.52 Å². The van der Waals surface area contributed by atoms with Crippen LogP contribution in [0, 0.1) is 10.1 Å². The molecule has 0 aliphatic rings. The molecule has 5 nitrogen and oxygen atoms in total. The van der Waals surface area contributed by atoms with Crippen LogP contribution in [0.2, 0.25) is 0 Å². The Balaban J connectivity index is 1.88. The average Bonchev–Trinajstić information content (AvgIpc) is 2.99. The fourth-order valence-electron chi connectivity index (χ4n) is 2.63. The zero-order chi connectivity index (χ0) is 15.1. The fraction of sp³-hybridized carbons (Fsp3) is 0. The van der Waals surface area contributed by atoms with E-state index in [1.807, 2.05) is 35.0 Å². The Hall–Kier alpha value is -3.21. The van der Waals surface area contributed by atoms with Gasteiger partial charge < -0.3 is 0 Å². The minimum atomic E-state index is -0.402. The van der Waals surface area contributed by atoms with Gasteiger partial charge in [-0.2, -0.15) is 5.10 Å². The van der Waals surface area contributed by atoms with Gasteiger partial charge in [0.25, 0.3) is 5.69 Å². The van der Waals surface area contributed by atoms with Crippen LogP contribution in [0.3, 0.4) is 0 Å². The molecule has 4 aromatic rings. The Morgan fingerprint density at radius 3 is 2.55 bits per heavy atom. The molecule has 0 spiro atoms. The van der Waals surface area contributed by atoms with E-state index in [1.165, 1.54) is 12.1 Å². The van der Waals surface area contributed by atoms with Crippen LogP contribution in [0.4, 0.5) is 5.69 Å². The number of nitrogens with zero attached hydrogens (tertiary/aromatic N) is 3. The summed E-state index contributed by atoms with van der Waals surface area (Å²) in [6.07, 6.45) is 1.92. The predicted molar refractivity (Wildman–Crippen MR) is 84.8 cm³/mol. The molecule has 0 aliphatic heterocycles. The van der Waals surface area contributed by atoms with Crippen molar-refractivity contribution in [2.45, 2.75) is 0 Å². The van der Waals surface area contributed by atoms with Gasteiger partial charge in [0.05, 0.1) is 16.1 Å². The molecule has 0 N–H and O–H groups in total. The number of non-ortho nitro benzene ring substituents is 1. The smallest absolute Gasteiger partial charge is 0.258 e. The summed E-state index contributed by atoms with van der Waals surface area (Å²) < 4.78 is 1.83. The maximum atomic E-state index is 10.7. The van der Waals surface area contributed by atoms with Crippen molar-refractivity contribution in [3.05, 3.63) is 77.0 Å². The minimum Gasteiger partial charge on any atom is -0.258 e.